The summed E-state index contributed by atoms with van der Waals surface area (Å²) in [6, 6.07) is -0.672. The molecule has 0 radical (unpaired) electrons. The van der Waals surface area contributed by atoms with Crippen LogP contribution in [0.1, 0.15) is 83.5 Å². The summed E-state index contributed by atoms with van der Waals surface area (Å²) in [5.41, 5.74) is -0.227. The van der Waals surface area contributed by atoms with Crippen molar-refractivity contribution in [3.05, 3.63) is 0 Å². The number of hydrogen-bond donors (Lipinski definition) is 6. The van der Waals surface area contributed by atoms with E-state index in [0.717, 1.165) is 55.6 Å². The van der Waals surface area contributed by atoms with Crippen LogP contribution in [0.25, 0.3) is 0 Å². The van der Waals surface area contributed by atoms with Crippen LogP contribution in [-0.4, -0.2) is 173 Å². The second-order valence-corrected chi connectivity index (χ2v) is 22.1. The lowest BCUT2D eigenvalue weighted by molar-refractivity contribution is -0.152. The van der Waals surface area contributed by atoms with Crippen molar-refractivity contribution in [2.24, 2.45) is 35.5 Å². The summed E-state index contributed by atoms with van der Waals surface area (Å²) in [4.78, 5) is 89.2. The highest BCUT2D eigenvalue weighted by molar-refractivity contribution is 8.00. The van der Waals surface area contributed by atoms with Gasteiger partial charge in [0.2, 0.25) is 51.4 Å². The predicted molar refractivity (Wildman–Crippen MR) is 243 cm³/mol. The summed E-state index contributed by atoms with van der Waals surface area (Å²) >= 11 is 1.67. The van der Waals surface area contributed by atoms with Crippen molar-refractivity contribution in [2.75, 3.05) is 84.4 Å². The molecule has 0 bridgehead atoms. The van der Waals surface area contributed by atoms with Crippen LogP contribution in [0.2, 0.25) is 0 Å². The molecule has 21 nitrogen and oxygen atoms in total. The van der Waals surface area contributed by atoms with Gasteiger partial charge in [0, 0.05) is 44.3 Å². The van der Waals surface area contributed by atoms with Crippen LogP contribution in [-0.2, 0) is 62.5 Å². The maximum absolute atomic E-state index is 13.3. The van der Waals surface area contributed by atoms with E-state index in [-0.39, 0.29) is 93.6 Å². The molecule has 2 aliphatic carbocycles. The molecule has 5 aliphatic heterocycles. The first kappa shape index (κ1) is 51.6. The van der Waals surface area contributed by atoms with Crippen molar-refractivity contribution in [3.63, 3.8) is 0 Å². The number of carbonyl (C=O) groups excluding carboxylic acids is 7. The molecule has 7 aliphatic rings. The molecule has 23 heteroatoms. The Hall–Kier alpha value is -3.29. The zero-order valence-corrected chi connectivity index (χ0v) is 40.2. The lowest BCUT2D eigenvalue weighted by atomic mass is 9.70. The maximum Gasteiger partial charge on any atom is 0.249 e. The van der Waals surface area contributed by atoms with Gasteiger partial charge in [0.15, 0.2) is 0 Å². The fourth-order valence-corrected chi connectivity index (χ4v) is 13.1. The maximum atomic E-state index is 13.3. The van der Waals surface area contributed by atoms with Crippen LogP contribution in [0.4, 0.5) is 0 Å². The number of nitrogens with zero attached hydrogens (tertiary/aromatic N) is 2. The van der Waals surface area contributed by atoms with Gasteiger partial charge in [-0.25, -0.2) is 12.7 Å². The van der Waals surface area contributed by atoms with E-state index >= 15 is 0 Å². The Kier molecular flexibility index (Phi) is 18.9. The molecule has 0 aromatic carbocycles. The molecule has 0 spiro atoms. The topological polar surface area (TPSA) is 269 Å². The molecular weight excluding hydrogens is 913 g/mol. The number of sulfonamides is 1. The standard InChI is InChI=1S/C44H70N8O13S2/c1-67(60,61)51-15-11-30(25-51)40(56)47-24-37(55)50-44-48-32(26-66-44)29-5-2-4-27(22-29)28-10-13-46-38(23-28)65-17-14-45-35(53)12-16-62-18-19-63-20-21-64-34-7-3-6-31-39(34)43(59)52(42(31)58)33-8-9-36(54)49-41(33)57/h27-34,38-39,44,46,48H,2-26H2,1H3,(H,45,53)(H,47,56)(H,50,55)(H,49,54,57). The first-order valence-electron chi connectivity index (χ1n) is 24.2. The third-order valence-electron chi connectivity index (χ3n) is 14.5. The number of hydrogen-bond acceptors (Lipinski definition) is 16. The molecule has 11 atom stereocenters. The van der Waals surface area contributed by atoms with E-state index in [1.807, 2.05) is 0 Å². The van der Waals surface area contributed by atoms with E-state index in [4.69, 9.17) is 18.9 Å². The van der Waals surface area contributed by atoms with Gasteiger partial charge in [-0.05, 0) is 75.7 Å². The monoisotopic (exact) mass is 982 g/mol. The molecule has 2 saturated carbocycles. The second kappa shape index (κ2) is 24.5. The van der Waals surface area contributed by atoms with Crippen molar-refractivity contribution >= 4 is 63.1 Å². The van der Waals surface area contributed by atoms with Gasteiger partial charge < -0.3 is 34.9 Å². The first-order valence-corrected chi connectivity index (χ1v) is 27.1. The van der Waals surface area contributed by atoms with Gasteiger partial charge in [0.1, 0.15) is 17.8 Å². The summed E-state index contributed by atoms with van der Waals surface area (Å²) < 4.78 is 48.2. The Morgan fingerprint density at radius 3 is 2.36 bits per heavy atom. The minimum absolute atomic E-state index is 0.0679. The average molecular weight is 983 g/mol. The highest BCUT2D eigenvalue weighted by Gasteiger charge is 2.56. The highest BCUT2D eigenvalue weighted by Crippen LogP contribution is 2.42. The average Bonchev–Trinajstić information content (AvgIpc) is 4.06. The molecule has 7 amide bonds. The van der Waals surface area contributed by atoms with Crippen molar-refractivity contribution in [1.82, 2.24) is 41.1 Å². The summed E-state index contributed by atoms with van der Waals surface area (Å²) in [5.74, 6) is -1.57. The second-order valence-electron chi connectivity index (χ2n) is 19.0. The van der Waals surface area contributed by atoms with E-state index < -0.39 is 57.6 Å². The van der Waals surface area contributed by atoms with E-state index in [9.17, 15) is 42.0 Å². The molecule has 11 unspecified atom stereocenters. The van der Waals surface area contributed by atoms with E-state index in [1.54, 1.807) is 11.8 Å². The SMILES string of the molecule is CS(=O)(=O)N1CCC(C(=O)NCC(=O)NC2NC(C3CCCC(C4CCNC(OCCNC(=O)CCOCCOCCOC5CCCC6C(=O)N(C7CCC(=O)NC7=O)C(=O)C56)C4)C3)CS2)C1. The Labute approximate surface area is 397 Å². The summed E-state index contributed by atoms with van der Waals surface area (Å²) in [6.45, 7) is 3.31. The minimum atomic E-state index is -3.34. The van der Waals surface area contributed by atoms with E-state index in [0.29, 0.717) is 69.9 Å². The summed E-state index contributed by atoms with van der Waals surface area (Å²) in [5, 5.41) is 17.9. The molecule has 7 fully saturated rings. The van der Waals surface area contributed by atoms with Gasteiger partial charge >= 0.3 is 0 Å². The lowest BCUT2D eigenvalue weighted by Crippen LogP contribution is -2.54. The number of imide groups is 2. The Balaban J connectivity index is 0.690. The summed E-state index contributed by atoms with van der Waals surface area (Å²) in [7, 11) is -3.34. The molecular formula is C44H70N8O13S2. The predicted octanol–water partition coefficient (Wildman–Crippen LogP) is -0.847. The number of carbonyl (C=O) groups is 7. The van der Waals surface area contributed by atoms with Gasteiger partial charge in [-0.3, -0.25) is 54.4 Å². The van der Waals surface area contributed by atoms with Gasteiger partial charge in [0.25, 0.3) is 0 Å². The summed E-state index contributed by atoms with van der Waals surface area (Å²) in [6.07, 6.45) is 10.0. The Morgan fingerprint density at radius 2 is 1.57 bits per heavy atom. The first-order chi connectivity index (χ1) is 32.2. The molecule has 0 aromatic rings. The minimum Gasteiger partial charge on any atom is -0.379 e. The number of fused-ring (bicyclic) bond motifs is 1. The third-order valence-corrected chi connectivity index (χ3v) is 16.9. The largest absolute Gasteiger partial charge is 0.379 e. The Bertz CT molecular complexity index is 1900. The highest BCUT2D eigenvalue weighted by atomic mass is 32.2. The van der Waals surface area contributed by atoms with Crippen LogP contribution in [0.5, 0.6) is 0 Å². The van der Waals surface area contributed by atoms with Crippen LogP contribution in [0.3, 0.4) is 0 Å². The van der Waals surface area contributed by atoms with Gasteiger partial charge in [0.05, 0.1) is 76.3 Å². The molecule has 376 valence electrons. The number of piperidine rings is 2. The smallest absolute Gasteiger partial charge is 0.249 e. The number of thioether (sulfide) groups is 1. The molecule has 0 aromatic heterocycles. The van der Waals surface area contributed by atoms with Crippen LogP contribution >= 0.6 is 11.8 Å². The van der Waals surface area contributed by atoms with Crippen LogP contribution in [0, 0.1) is 35.5 Å². The number of rotatable bonds is 22. The van der Waals surface area contributed by atoms with Gasteiger partial charge in [-0.2, -0.15) is 0 Å². The molecule has 5 saturated heterocycles. The third kappa shape index (κ3) is 14.2. The van der Waals surface area contributed by atoms with Gasteiger partial charge in [-0.15, -0.1) is 11.8 Å². The van der Waals surface area contributed by atoms with Crippen molar-refractivity contribution < 1.29 is 60.9 Å². The molecule has 67 heavy (non-hydrogen) atoms. The fraction of sp³-hybridized carbons (Fsp3) is 0.841. The van der Waals surface area contributed by atoms with Gasteiger partial charge in [-0.1, -0.05) is 19.3 Å². The normalized spacial score (nSPS) is 32.8. The van der Waals surface area contributed by atoms with E-state index in [1.165, 1.54) is 17.1 Å². The number of amides is 7. The van der Waals surface area contributed by atoms with Crippen LogP contribution in [0.15, 0.2) is 0 Å². The zero-order valence-electron chi connectivity index (χ0n) is 38.5. The fourth-order valence-electron chi connectivity index (χ4n) is 11.0. The molecule has 5 heterocycles. The molecule has 7 rings (SSSR count). The van der Waals surface area contributed by atoms with Crippen molar-refractivity contribution in [1.29, 1.82) is 0 Å². The quantitative estimate of drug-likeness (QED) is 0.0570. The number of nitrogens with one attached hydrogen (secondary N) is 6. The van der Waals surface area contributed by atoms with E-state index in [2.05, 4.69) is 31.9 Å². The van der Waals surface area contributed by atoms with Crippen molar-refractivity contribution in [3.8, 4) is 0 Å². The number of likely N-dealkylation sites (tertiary alicyclic amines) is 1. The number of ether oxygens (including phenoxy) is 4. The van der Waals surface area contributed by atoms with Crippen LogP contribution < -0.4 is 31.9 Å². The van der Waals surface area contributed by atoms with Crippen molar-refractivity contribution in [2.45, 2.75) is 113 Å². The Morgan fingerprint density at radius 1 is 0.806 bits per heavy atom. The zero-order chi connectivity index (χ0) is 47.5. The molecule has 6 N–H and O–H groups in total. The lowest BCUT2D eigenvalue weighted by Gasteiger charge is -2.40.